The molecule has 5 nitrogen and oxygen atoms in total. The average Bonchev–Trinajstić information content (AvgIpc) is 2.39. The van der Waals surface area contributed by atoms with Crippen molar-refractivity contribution in [2.75, 3.05) is 6.54 Å². The van der Waals surface area contributed by atoms with Gasteiger partial charge in [0.25, 0.3) is 5.91 Å². The third-order valence-electron chi connectivity index (χ3n) is 2.31. The van der Waals surface area contributed by atoms with Gasteiger partial charge in [-0.25, -0.2) is 5.48 Å². The number of nitrogens with one attached hydrogen (secondary N) is 2. The van der Waals surface area contributed by atoms with Crippen LogP contribution in [0, 0.1) is 0 Å². The Bertz CT molecular complexity index is 377. The minimum Gasteiger partial charge on any atom is -0.403 e. The van der Waals surface area contributed by atoms with Gasteiger partial charge in [0, 0.05) is 12.7 Å². The number of benzene rings is 1. The predicted octanol–water partition coefficient (Wildman–Crippen LogP) is 0.514. The first-order valence-corrected chi connectivity index (χ1v) is 5.42. The predicted molar refractivity (Wildman–Crippen MR) is 65.0 cm³/mol. The van der Waals surface area contributed by atoms with Crippen LogP contribution >= 0.6 is 0 Å². The van der Waals surface area contributed by atoms with Crippen molar-refractivity contribution in [1.29, 1.82) is 0 Å². The summed E-state index contributed by atoms with van der Waals surface area (Å²) in [5.74, 6) is -0.632. The fourth-order valence-electron chi connectivity index (χ4n) is 1.44. The van der Waals surface area contributed by atoms with Gasteiger partial charge in [0.15, 0.2) is 0 Å². The zero-order valence-corrected chi connectivity index (χ0v) is 9.52. The van der Waals surface area contributed by atoms with Gasteiger partial charge in [-0.3, -0.25) is 10.0 Å². The van der Waals surface area contributed by atoms with Gasteiger partial charge in [0.2, 0.25) is 0 Å². The van der Waals surface area contributed by atoms with E-state index in [0.29, 0.717) is 6.54 Å². The molecule has 0 fully saturated rings. The zero-order chi connectivity index (χ0) is 12.5. The molecule has 1 aromatic carbocycles. The molecule has 17 heavy (non-hydrogen) atoms. The van der Waals surface area contributed by atoms with E-state index in [1.54, 1.807) is 0 Å². The van der Waals surface area contributed by atoms with Crippen LogP contribution in [-0.2, 0) is 11.2 Å². The first-order chi connectivity index (χ1) is 8.27. The first-order valence-electron chi connectivity index (χ1n) is 5.42. The van der Waals surface area contributed by atoms with Crippen LogP contribution in [0.25, 0.3) is 0 Å². The summed E-state index contributed by atoms with van der Waals surface area (Å²) >= 11 is 0. The van der Waals surface area contributed by atoms with Crippen molar-refractivity contribution >= 4 is 5.91 Å². The molecule has 0 heterocycles. The van der Waals surface area contributed by atoms with E-state index in [2.05, 4.69) is 17.4 Å². The van der Waals surface area contributed by atoms with Crippen LogP contribution < -0.4 is 16.5 Å². The highest BCUT2D eigenvalue weighted by atomic mass is 16.5. The third-order valence-corrected chi connectivity index (χ3v) is 2.31. The molecule has 0 bridgehead atoms. The quantitative estimate of drug-likeness (QED) is 0.250. The second kappa shape index (κ2) is 7.29. The molecule has 5 heteroatoms. The molecule has 0 saturated carbocycles. The van der Waals surface area contributed by atoms with Crippen LogP contribution in [0.5, 0.6) is 0 Å². The molecule has 0 radical (unpaired) electrons. The summed E-state index contributed by atoms with van der Waals surface area (Å²) in [4.78, 5) is 11.0. The SMILES string of the molecule is N/C=C(/NCCCc1ccccc1)C(=O)NO. The summed E-state index contributed by atoms with van der Waals surface area (Å²) in [6.45, 7) is 0.616. The van der Waals surface area contributed by atoms with Crippen molar-refractivity contribution in [2.24, 2.45) is 5.73 Å². The highest BCUT2D eigenvalue weighted by Crippen LogP contribution is 2.01. The summed E-state index contributed by atoms with van der Waals surface area (Å²) in [5, 5.41) is 11.3. The van der Waals surface area contributed by atoms with E-state index in [-0.39, 0.29) is 5.70 Å². The Hall–Kier alpha value is -2.01. The Kier molecular flexibility index (Phi) is 5.60. The van der Waals surface area contributed by atoms with Gasteiger partial charge in [-0.2, -0.15) is 0 Å². The van der Waals surface area contributed by atoms with Gasteiger partial charge in [-0.15, -0.1) is 0 Å². The summed E-state index contributed by atoms with van der Waals surface area (Å²) in [6.07, 6.45) is 2.93. The Morgan fingerprint density at radius 2 is 2.06 bits per heavy atom. The minimum atomic E-state index is -0.632. The largest absolute Gasteiger partial charge is 0.403 e. The maximum Gasteiger partial charge on any atom is 0.292 e. The lowest BCUT2D eigenvalue weighted by molar-refractivity contribution is -0.125. The number of hydrogen-bond acceptors (Lipinski definition) is 4. The molecule has 1 rings (SSSR count). The molecule has 0 saturated heterocycles. The van der Waals surface area contributed by atoms with Crippen LogP contribution in [0.1, 0.15) is 12.0 Å². The molecule has 0 aliphatic carbocycles. The Labute approximate surface area is 100 Å². The normalized spacial score (nSPS) is 11.0. The smallest absolute Gasteiger partial charge is 0.292 e. The molecule has 0 atom stereocenters. The second-order valence-corrected chi connectivity index (χ2v) is 3.54. The Morgan fingerprint density at radius 1 is 1.35 bits per heavy atom. The maximum atomic E-state index is 11.0. The lowest BCUT2D eigenvalue weighted by Crippen LogP contribution is -2.31. The van der Waals surface area contributed by atoms with Crippen LogP contribution in [0.3, 0.4) is 0 Å². The van der Waals surface area contributed by atoms with E-state index in [1.165, 1.54) is 11.0 Å². The second-order valence-electron chi connectivity index (χ2n) is 3.54. The van der Waals surface area contributed by atoms with E-state index in [1.807, 2.05) is 18.2 Å². The minimum absolute atomic E-state index is 0.167. The number of aryl methyl sites for hydroxylation is 1. The van der Waals surface area contributed by atoms with Crippen LogP contribution in [-0.4, -0.2) is 17.7 Å². The molecule has 1 aromatic rings. The molecule has 0 aliphatic rings. The molecule has 0 aliphatic heterocycles. The number of carbonyl (C=O) groups excluding carboxylic acids is 1. The lowest BCUT2D eigenvalue weighted by Gasteiger charge is -2.08. The van der Waals surface area contributed by atoms with Crippen LogP contribution in [0.2, 0.25) is 0 Å². The lowest BCUT2D eigenvalue weighted by atomic mass is 10.1. The summed E-state index contributed by atoms with van der Waals surface area (Å²) in [7, 11) is 0. The van der Waals surface area contributed by atoms with E-state index < -0.39 is 5.91 Å². The molecule has 1 amide bonds. The van der Waals surface area contributed by atoms with Gasteiger partial charge in [0.05, 0.1) is 0 Å². The van der Waals surface area contributed by atoms with Crippen LogP contribution in [0.4, 0.5) is 0 Å². The van der Waals surface area contributed by atoms with Gasteiger partial charge in [-0.05, 0) is 18.4 Å². The monoisotopic (exact) mass is 235 g/mol. The molecular weight excluding hydrogens is 218 g/mol. The highest BCUT2D eigenvalue weighted by molar-refractivity contribution is 5.91. The van der Waals surface area contributed by atoms with E-state index >= 15 is 0 Å². The van der Waals surface area contributed by atoms with Gasteiger partial charge in [0.1, 0.15) is 5.70 Å². The summed E-state index contributed by atoms with van der Waals surface area (Å²) in [5.41, 5.74) is 8.19. The van der Waals surface area contributed by atoms with Crippen molar-refractivity contribution < 1.29 is 10.0 Å². The Balaban J connectivity index is 2.26. The average molecular weight is 235 g/mol. The van der Waals surface area contributed by atoms with Crippen molar-refractivity contribution in [2.45, 2.75) is 12.8 Å². The maximum absolute atomic E-state index is 11.0. The summed E-state index contributed by atoms with van der Waals surface area (Å²) in [6, 6.07) is 10.1. The number of carbonyl (C=O) groups is 1. The van der Waals surface area contributed by atoms with Crippen molar-refractivity contribution in [3.63, 3.8) is 0 Å². The molecular formula is C12H17N3O2. The van der Waals surface area contributed by atoms with E-state index in [9.17, 15) is 4.79 Å². The van der Waals surface area contributed by atoms with Gasteiger partial charge >= 0.3 is 0 Å². The Morgan fingerprint density at radius 3 is 2.65 bits per heavy atom. The third kappa shape index (κ3) is 4.56. The number of hydroxylamine groups is 1. The molecule has 0 unspecified atom stereocenters. The fourth-order valence-corrected chi connectivity index (χ4v) is 1.44. The van der Waals surface area contributed by atoms with E-state index in [4.69, 9.17) is 10.9 Å². The fraction of sp³-hybridized carbons (Fsp3) is 0.250. The van der Waals surface area contributed by atoms with Crippen molar-refractivity contribution in [3.8, 4) is 0 Å². The van der Waals surface area contributed by atoms with Crippen molar-refractivity contribution in [3.05, 3.63) is 47.8 Å². The van der Waals surface area contributed by atoms with Crippen LogP contribution in [0.15, 0.2) is 42.2 Å². The number of hydrogen-bond donors (Lipinski definition) is 4. The topological polar surface area (TPSA) is 87.4 Å². The molecule has 5 N–H and O–H groups in total. The molecule has 0 aromatic heterocycles. The number of rotatable bonds is 6. The number of nitrogens with two attached hydrogens (primary N) is 1. The highest BCUT2D eigenvalue weighted by Gasteiger charge is 2.05. The van der Waals surface area contributed by atoms with E-state index in [0.717, 1.165) is 19.0 Å². The van der Waals surface area contributed by atoms with Gasteiger partial charge < -0.3 is 11.1 Å². The summed E-state index contributed by atoms with van der Waals surface area (Å²) < 4.78 is 0. The zero-order valence-electron chi connectivity index (χ0n) is 9.52. The number of amides is 1. The van der Waals surface area contributed by atoms with Crippen molar-refractivity contribution in [1.82, 2.24) is 10.8 Å². The molecule has 92 valence electrons. The van der Waals surface area contributed by atoms with Gasteiger partial charge in [-0.1, -0.05) is 30.3 Å². The first kappa shape index (κ1) is 13.1. The standard InChI is InChI=1S/C12H17N3O2/c13-9-11(12(16)15-17)14-8-4-7-10-5-2-1-3-6-10/h1-3,5-6,9,14,17H,4,7-8,13H2,(H,15,16)/b11-9+. The molecule has 0 spiro atoms.